The SMILES string of the molecule is CN(C)S(=O)(=O)c1cc(C(=O)Nc2cc(Br)ccc2N2CCOCC2)ccc1F. The first-order valence-electron chi connectivity index (χ1n) is 8.86. The lowest BCUT2D eigenvalue weighted by molar-refractivity contribution is 0.102. The average Bonchev–Trinajstić information content (AvgIpc) is 2.68. The molecule has 1 amide bonds. The third kappa shape index (κ3) is 4.77. The van der Waals surface area contributed by atoms with E-state index in [4.69, 9.17) is 4.74 Å². The van der Waals surface area contributed by atoms with Crippen LogP contribution in [0.25, 0.3) is 0 Å². The third-order valence-electron chi connectivity index (χ3n) is 4.51. The predicted molar refractivity (Wildman–Crippen MR) is 112 cm³/mol. The largest absolute Gasteiger partial charge is 0.378 e. The molecule has 10 heteroatoms. The molecular formula is C19H21BrFN3O4S. The summed E-state index contributed by atoms with van der Waals surface area (Å²) in [6.07, 6.45) is 0. The van der Waals surface area contributed by atoms with Gasteiger partial charge >= 0.3 is 0 Å². The number of hydrogen-bond donors (Lipinski definition) is 1. The summed E-state index contributed by atoms with van der Waals surface area (Å²) in [6, 6.07) is 8.81. The molecule has 1 aliphatic heterocycles. The lowest BCUT2D eigenvalue weighted by atomic mass is 10.2. The fourth-order valence-electron chi connectivity index (χ4n) is 2.92. The molecule has 2 aromatic rings. The fraction of sp³-hybridized carbons (Fsp3) is 0.316. The van der Waals surface area contributed by atoms with Gasteiger partial charge in [-0.25, -0.2) is 17.1 Å². The van der Waals surface area contributed by atoms with Gasteiger partial charge in [-0.2, -0.15) is 0 Å². The first-order chi connectivity index (χ1) is 13.7. The number of amides is 1. The smallest absolute Gasteiger partial charge is 0.255 e. The number of ether oxygens (including phenoxy) is 1. The van der Waals surface area contributed by atoms with E-state index in [2.05, 4.69) is 26.1 Å². The molecule has 0 saturated carbocycles. The highest BCUT2D eigenvalue weighted by Gasteiger charge is 2.24. The molecule has 1 heterocycles. The number of halogens is 2. The highest BCUT2D eigenvalue weighted by Crippen LogP contribution is 2.31. The Morgan fingerprint density at radius 3 is 2.52 bits per heavy atom. The van der Waals surface area contributed by atoms with E-state index < -0.39 is 26.6 Å². The summed E-state index contributed by atoms with van der Waals surface area (Å²) in [6.45, 7) is 2.55. The zero-order chi connectivity index (χ0) is 21.2. The third-order valence-corrected chi connectivity index (χ3v) is 6.83. The second-order valence-corrected chi connectivity index (χ2v) is 9.68. The van der Waals surface area contributed by atoms with E-state index >= 15 is 0 Å². The van der Waals surface area contributed by atoms with Crippen LogP contribution in [0.5, 0.6) is 0 Å². The lowest BCUT2D eigenvalue weighted by Crippen LogP contribution is -2.36. The van der Waals surface area contributed by atoms with Crippen molar-refractivity contribution in [1.29, 1.82) is 0 Å². The topological polar surface area (TPSA) is 79.0 Å². The Labute approximate surface area is 177 Å². The minimum atomic E-state index is -4.02. The van der Waals surface area contributed by atoms with Crippen molar-refractivity contribution in [3.8, 4) is 0 Å². The second kappa shape index (κ2) is 8.78. The lowest BCUT2D eigenvalue weighted by Gasteiger charge is -2.30. The Morgan fingerprint density at radius 1 is 1.17 bits per heavy atom. The highest BCUT2D eigenvalue weighted by molar-refractivity contribution is 9.10. The number of carbonyl (C=O) groups excluding carboxylic acids is 1. The molecule has 29 heavy (non-hydrogen) atoms. The first-order valence-corrected chi connectivity index (χ1v) is 11.1. The molecule has 1 N–H and O–H groups in total. The molecule has 3 rings (SSSR count). The normalized spacial score (nSPS) is 14.9. The number of sulfonamides is 1. The molecule has 0 aromatic heterocycles. The van der Waals surface area contributed by atoms with Crippen LogP contribution >= 0.6 is 15.9 Å². The maximum Gasteiger partial charge on any atom is 0.255 e. The van der Waals surface area contributed by atoms with Crippen molar-refractivity contribution in [2.75, 3.05) is 50.6 Å². The number of nitrogens with zero attached hydrogens (tertiary/aromatic N) is 2. The van der Waals surface area contributed by atoms with Crippen LogP contribution in [-0.2, 0) is 14.8 Å². The van der Waals surface area contributed by atoms with Crippen LogP contribution in [0.15, 0.2) is 45.8 Å². The van der Waals surface area contributed by atoms with E-state index in [1.807, 2.05) is 12.1 Å². The van der Waals surface area contributed by atoms with Crippen molar-refractivity contribution in [2.45, 2.75) is 4.90 Å². The number of carbonyl (C=O) groups is 1. The summed E-state index contributed by atoms with van der Waals surface area (Å²) >= 11 is 3.40. The molecule has 0 radical (unpaired) electrons. The molecule has 0 atom stereocenters. The van der Waals surface area contributed by atoms with Crippen LogP contribution in [0.1, 0.15) is 10.4 Å². The minimum absolute atomic E-state index is 0.0414. The predicted octanol–water partition coefficient (Wildman–Crippen LogP) is 2.93. The van der Waals surface area contributed by atoms with Crippen LogP contribution in [0.3, 0.4) is 0 Å². The zero-order valence-corrected chi connectivity index (χ0v) is 18.4. The Bertz CT molecular complexity index is 1020. The molecule has 0 aliphatic carbocycles. The van der Waals surface area contributed by atoms with Crippen LogP contribution in [0.2, 0.25) is 0 Å². The monoisotopic (exact) mass is 485 g/mol. The number of nitrogens with one attached hydrogen (secondary N) is 1. The van der Waals surface area contributed by atoms with Crippen LogP contribution in [0.4, 0.5) is 15.8 Å². The molecule has 0 spiro atoms. The van der Waals surface area contributed by atoms with Crippen molar-refractivity contribution in [1.82, 2.24) is 4.31 Å². The molecule has 2 aromatic carbocycles. The van der Waals surface area contributed by atoms with Gasteiger partial charge in [0, 0.05) is 37.2 Å². The minimum Gasteiger partial charge on any atom is -0.378 e. The summed E-state index contributed by atoms with van der Waals surface area (Å²) in [5, 5.41) is 2.81. The van der Waals surface area contributed by atoms with E-state index in [1.165, 1.54) is 20.2 Å². The van der Waals surface area contributed by atoms with Gasteiger partial charge in [-0.05, 0) is 36.4 Å². The van der Waals surface area contributed by atoms with Crippen LogP contribution in [-0.4, -0.2) is 59.0 Å². The Kier molecular flexibility index (Phi) is 6.57. The quantitative estimate of drug-likeness (QED) is 0.704. The van der Waals surface area contributed by atoms with E-state index in [0.29, 0.717) is 32.0 Å². The number of benzene rings is 2. The average molecular weight is 486 g/mol. The summed E-state index contributed by atoms with van der Waals surface area (Å²) < 4.78 is 45.8. The van der Waals surface area contributed by atoms with E-state index in [9.17, 15) is 17.6 Å². The Hall–Kier alpha value is -2.01. The summed E-state index contributed by atoms with van der Waals surface area (Å²) in [4.78, 5) is 14.4. The van der Waals surface area contributed by atoms with Gasteiger partial charge in [-0.3, -0.25) is 4.79 Å². The standard InChI is InChI=1S/C19H21BrFN3O4S/c1-23(2)29(26,27)18-11-13(3-5-15(18)21)19(25)22-16-12-14(20)4-6-17(16)24-7-9-28-10-8-24/h3-6,11-12H,7-10H2,1-2H3,(H,22,25). The molecule has 1 saturated heterocycles. The maximum absolute atomic E-state index is 14.1. The van der Waals surface area contributed by atoms with Gasteiger partial charge in [0.2, 0.25) is 10.0 Å². The van der Waals surface area contributed by atoms with Crippen molar-refractivity contribution in [3.63, 3.8) is 0 Å². The van der Waals surface area contributed by atoms with Gasteiger partial charge in [-0.1, -0.05) is 15.9 Å². The molecule has 1 fully saturated rings. The van der Waals surface area contributed by atoms with Gasteiger partial charge in [0.25, 0.3) is 5.91 Å². The summed E-state index contributed by atoms with van der Waals surface area (Å²) in [7, 11) is -1.41. The first kappa shape index (κ1) is 21.7. The fourth-order valence-corrected chi connectivity index (χ4v) is 4.27. The number of hydrogen-bond acceptors (Lipinski definition) is 5. The van der Waals surface area contributed by atoms with Crippen LogP contribution in [0, 0.1) is 5.82 Å². The second-order valence-electron chi connectivity index (χ2n) is 6.65. The summed E-state index contributed by atoms with van der Waals surface area (Å²) in [5.74, 6) is -1.44. The van der Waals surface area contributed by atoms with Gasteiger partial charge in [0.05, 0.1) is 24.6 Å². The van der Waals surface area contributed by atoms with Crippen molar-refractivity contribution < 1.29 is 22.3 Å². The highest BCUT2D eigenvalue weighted by atomic mass is 79.9. The molecule has 156 valence electrons. The van der Waals surface area contributed by atoms with Crippen molar-refractivity contribution in [3.05, 3.63) is 52.3 Å². The van der Waals surface area contributed by atoms with Gasteiger partial charge in [0.15, 0.2) is 0 Å². The van der Waals surface area contributed by atoms with Crippen molar-refractivity contribution in [2.24, 2.45) is 0 Å². The molecule has 1 aliphatic rings. The van der Waals surface area contributed by atoms with Gasteiger partial charge < -0.3 is 15.0 Å². The summed E-state index contributed by atoms with van der Waals surface area (Å²) in [5.41, 5.74) is 1.43. The maximum atomic E-state index is 14.1. The van der Waals surface area contributed by atoms with Crippen molar-refractivity contribution >= 4 is 43.2 Å². The Balaban J connectivity index is 1.92. The molecule has 7 nitrogen and oxygen atoms in total. The van der Waals surface area contributed by atoms with Crippen LogP contribution < -0.4 is 10.2 Å². The molecular weight excluding hydrogens is 465 g/mol. The number of morpholine rings is 1. The van der Waals surface area contributed by atoms with E-state index in [-0.39, 0.29) is 5.56 Å². The molecule has 0 unspecified atom stereocenters. The van der Waals surface area contributed by atoms with Gasteiger partial charge in [0.1, 0.15) is 10.7 Å². The van der Waals surface area contributed by atoms with E-state index in [0.717, 1.165) is 26.6 Å². The zero-order valence-electron chi connectivity index (χ0n) is 16.0. The van der Waals surface area contributed by atoms with E-state index in [1.54, 1.807) is 6.07 Å². The van der Waals surface area contributed by atoms with Gasteiger partial charge in [-0.15, -0.1) is 0 Å². The molecule has 0 bridgehead atoms. The number of anilines is 2. The Morgan fingerprint density at radius 2 is 1.86 bits per heavy atom. The number of rotatable bonds is 5.